The van der Waals surface area contributed by atoms with Gasteiger partial charge in [0.2, 0.25) is 0 Å². The molecule has 0 fully saturated rings. The van der Waals surface area contributed by atoms with Gasteiger partial charge in [-0.25, -0.2) is 9.97 Å². The van der Waals surface area contributed by atoms with Gasteiger partial charge < -0.3 is 4.74 Å². The number of aryl methyl sites for hydroxylation is 1. The summed E-state index contributed by atoms with van der Waals surface area (Å²) >= 11 is 1.71. The van der Waals surface area contributed by atoms with E-state index >= 15 is 0 Å². The molecule has 21 heavy (non-hydrogen) atoms. The Hall–Kier alpha value is -2.08. The second-order valence-electron chi connectivity index (χ2n) is 4.55. The van der Waals surface area contributed by atoms with E-state index in [0.29, 0.717) is 6.61 Å². The smallest absolute Gasteiger partial charge is 0.162 e. The Kier molecular flexibility index (Phi) is 4.35. The summed E-state index contributed by atoms with van der Waals surface area (Å²) in [5, 5.41) is 6.20. The van der Waals surface area contributed by atoms with Gasteiger partial charge in [-0.15, -0.1) is 11.8 Å². The summed E-state index contributed by atoms with van der Waals surface area (Å²) in [6.07, 6.45) is 4.37. The van der Waals surface area contributed by atoms with Crippen LogP contribution in [0.2, 0.25) is 0 Å². The van der Waals surface area contributed by atoms with Crippen LogP contribution in [0.5, 0.6) is 5.75 Å². The maximum Gasteiger partial charge on any atom is 0.162 e. The van der Waals surface area contributed by atoms with Crippen molar-refractivity contribution in [1.82, 2.24) is 19.7 Å². The zero-order valence-corrected chi connectivity index (χ0v) is 12.6. The molecular formula is C15H16N4OS. The Bertz CT molecular complexity index is 714. The third-order valence-electron chi connectivity index (χ3n) is 3.03. The van der Waals surface area contributed by atoms with Gasteiger partial charge in [-0.2, -0.15) is 5.10 Å². The van der Waals surface area contributed by atoms with Crippen LogP contribution in [0.15, 0.2) is 47.9 Å². The van der Waals surface area contributed by atoms with E-state index in [1.54, 1.807) is 22.8 Å². The van der Waals surface area contributed by atoms with E-state index in [1.807, 2.05) is 43.6 Å². The maximum absolute atomic E-state index is 5.67. The summed E-state index contributed by atoms with van der Waals surface area (Å²) in [5.74, 6) is 1.87. The number of para-hydroxylation sites is 1. The lowest BCUT2D eigenvalue weighted by Gasteiger charge is -2.05. The molecular weight excluding hydrogens is 284 g/mol. The van der Waals surface area contributed by atoms with Crippen LogP contribution >= 0.6 is 11.8 Å². The summed E-state index contributed by atoms with van der Waals surface area (Å²) in [6, 6.07) is 9.87. The fraction of sp³-hybridized carbons (Fsp3) is 0.267. The average molecular weight is 300 g/mol. The monoisotopic (exact) mass is 300 g/mol. The molecule has 108 valence electrons. The quantitative estimate of drug-likeness (QED) is 0.398. The number of thioether (sulfide) groups is 1. The van der Waals surface area contributed by atoms with Crippen molar-refractivity contribution in [3.63, 3.8) is 0 Å². The van der Waals surface area contributed by atoms with Crippen LogP contribution in [-0.2, 0) is 7.05 Å². The topological polar surface area (TPSA) is 52.8 Å². The molecule has 0 atom stereocenters. The van der Waals surface area contributed by atoms with Gasteiger partial charge in [-0.1, -0.05) is 18.2 Å². The Morgan fingerprint density at radius 3 is 2.90 bits per heavy atom. The summed E-state index contributed by atoms with van der Waals surface area (Å²) in [7, 11) is 1.89. The number of fused-ring (bicyclic) bond motifs is 1. The zero-order valence-electron chi connectivity index (χ0n) is 11.8. The number of benzene rings is 1. The summed E-state index contributed by atoms with van der Waals surface area (Å²) in [5.41, 5.74) is 0.869. The van der Waals surface area contributed by atoms with E-state index in [4.69, 9.17) is 4.74 Å². The van der Waals surface area contributed by atoms with E-state index in [0.717, 1.165) is 34.0 Å². The number of rotatable bonds is 6. The molecule has 0 unspecified atom stereocenters. The number of ether oxygens (including phenoxy) is 1. The number of hydrogen-bond donors (Lipinski definition) is 0. The molecule has 0 aliphatic rings. The third kappa shape index (κ3) is 3.33. The third-order valence-corrected chi connectivity index (χ3v) is 4.12. The minimum Gasteiger partial charge on any atom is -0.494 e. The van der Waals surface area contributed by atoms with Crippen molar-refractivity contribution in [1.29, 1.82) is 0 Å². The standard InChI is InChI=1S/C15H16N4OS/c1-19-14-13(10-18-19)15(17-11-16-14)21-9-5-8-20-12-6-3-2-4-7-12/h2-4,6-7,10-11H,5,8-9H2,1H3. The highest BCUT2D eigenvalue weighted by Gasteiger charge is 2.07. The molecule has 1 aromatic carbocycles. The van der Waals surface area contributed by atoms with E-state index in [2.05, 4.69) is 15.1 Å². The highest BCUT2D eigenvalue weighted by Crippen LogP contribution is 2.24. The van der Waals surface area contributed by atoms with Gasteiger partial charge in [0.05, 0.1) is 18.2 Å². The molecule has 0 radical (unpaired) electrons. The van der Waals surface area contributed by atoms with Crippen molar-refractivity contribution in [2.45, 2.75) is 11.4 Å². The minimum atomic E-state index is 0.707. The second-order valence-corrected chi connectivity index (χ2v) is 5.63. The van der Waals surface area contributed by atoms with Gasteiger partial charge in [0.1, 0.15) is 17.1 Å². The molecule has 0 amide bonds. The van der Waals surface area contributed by atoms with Crippen molar-refractivity contribution in [3.8, 4) is 5.75 Å². The van der Waals surface area contributed by atoms with Gasteiger partial charge in [0.15, 0.2) is 5.65 Å². The molecule has 5 nitrogen and oxygen atoms in total. The minimum absolute atomic E-state index is 0.707. The second kappa shape index (κ2) is 6.58. The Balaban J connectivity index is 1.51. The Labute approximate surface area is 127 Å². The Morgan fingerprint density at radius 2 is 2.05 bits per heavy atom. The van der Waals surface area contributed by atoms with Crippen molar-refractivity contribution in [2.75, 3.05) is 12.4 Å². The first kappa shape index (κ1) is 13.9. The van der Waals surface area contributed by atoms with Crippen LogP contribution in [0, 0.1) is 0 Å². The summed E-state index contributed by atoms with van der Waals surface area (Å²) in [4.78, 5) is 8.57. The first-order chi connectivity index (χ1) is 10.3. The predicted molar refractivity (Wildman–Crippen MR) is 83.6 cm³/mol. The van der Waals surface area contributed by atoms with Gasteiger partial charge in [0, 0.05) is 12.8 Å². The molecule has 2 aromatic heterocycles. The molecule has 6 heteroatoms. The highest BCUT2D eigenvalue weighted by molar-refractivity contribution is 7.99. The van der Waals surface area contributed by atoms with Crippen LogP contribution < -0.4 is 4.74 Å². The van der Waals surface area contributed by atoms with Crippen LogP contribution in [-0.4, -0.2) is 32.1 Å². The lowest BCUT2D eigenvalue weighted by Crippen LogP contribution is -1.99. The van der Waals surface area contributed by atoms with Gasteiger partial charge in [-0.05, 0) is 18.6 Å². The molecule has 0 N–H and O–H groups in total. The number of nitrogens with zero attached hydrogens (tertiary/aromatic N) is 4. The van der Waals surface area contributed by atoms with Crippen molar-refractivity contribution < 1.29 is 4.74 Å². The van der Waals surface area contributed by atoms with Gasteiger partial charge in [0.25, 0.3) is 0 Å². The molecule has 0 bridgehead atoms. The van der Waals surface area contributed by atoms with Gasteiger partial charge in [-0.3, -0.25) is 4.68 Å². The molecule has 3 aromatic rings. The van der Waals surface area contributed by atoms with Crippen LogP contribution in [0.1, 0.15) is 6.42 Å². The average Bonchev–Trinajstić information content (AvgIpc) is 2.90. The zero-order chi connectivity index (χ0) is 14.5. The van der Waals surface area contributed by atoms with E-state index in [9.17, 15) is 0 Å². The lowest BCUT2D eigenvalue weighted by atomic mass is 10.3. The largest absolute Gasteiger partial charge is 0.494 e. The predicted octanol–water partition coefficient (Wildman–Crippen LogP) is 2.92. The van der Waals surface area contributed by atoms with E-state index in [1.165, 1.54) is 0 Å². The molecule has 0 spiro atoms. The fourth-order valence-corrected chi connectivity index (χ4v) is 2.87. The molecule has 2 heterocycles. The molecule has 0 saturated carbocycles. The van der Waals surface area contributed by atoms with Crippen LogP contribution in [0.4, 0.5) is 0 Å². The number of hydrogen-bond acceptors (Lipinski definition) is 5. The van der Waals surface area contributed by atoms with Gasteiger partial charge >= 0.3 is 0 Å². The molecule has 3 rings (SSSR count). The SMILES string of the molecule is Cn1ncc2c(SCCCOc3ccccc3)ncnc21. The maximum atomic E-state index is 5.67. The van der Waals surface area contributed by atoms with Crippen molar-refractivity contribution in [3.05, 3.63) is 42.9 Å². The summed E-state index contributed by atoms with van der Waals surface area (Å²) < 4.78 is 7.44. The molecule has 0 saturated heterocycles. The van der Waals surface area contributed by atoms with E-state index in [-0.39, 0.29) is 0 Å². The first-order valence-electron chi connectivity index (χ1n) is 6.78. The lowest BCUT2D eigenvalue weighted by molar-refractivity contribution is 0.318. The molecule has 0 aliphatic carbocycles. The van der Waals surface area contributed by atoms with Crippen molar-refractivity contribution in [2.24, 2.45) is 7.05 Å². The normalized spacial score (nSPS) is 10.9. The van der Waals surface area contributed by atoms with Crippen LogP contribution in [0.3, 0.4) is 0 Å². The highest BCUT2D eigenvalue weighted by atomic mass is 32.2. The number of aromatic nitrogens is 4. The van der Waals surface area contributed by atoms with E-state index < -0.39 is 0 Å². The Morgan fingerprint density at radius 1 is 1.19 bits per heavy atom. The van der Waals surface area contributed by atoms with Crippen molar-refractivity contribution >= 4 is 22.8 Å². The van der Waals surface area contributed by atoms with Crippen LogP contribution in [0.25, 0.3) is 11.0 Å². The summed E-state index contributed by atoms with van der Waals surface area (Å²) in [6.45, 7) is 0.707. The molecule has 0 aliphatic heterocycles. The first-order valence-corrected chi connectivity index (χ1v) is 7.76. The fourth-order valence-electron chi connectivity index (χ4n) is 1.99.